The smallest absolute Gasteiger partial charge is 1.00 e. The van der Waals surface area contributed by atoms with Crippen molar-refractivity contribution in [1.29, 1.82) is 0 Å². The van der Waals surface area contributed by atoms with Crippen molar-refractivity contribution in [3.8, 4) is 11.1 Å². The quantitative estimate of drug-likeness (QED) is 0.584. The first kappa shape index (κ1) is 19.7. The summed E-state index contributed by atoms with van der Waals surface area (Å²) < 4.78 is 0.641. The number of benzene rings is 2. The van der Waals surface area contributed by atoms with E-state index in [1.54, 1.807) is 24.7 Å². The molecule has 1 aliphatic carbocycles. The Bertz CT molecular complexity index is 712. The van der Waals surface area contributed by atoms with Gasteiger partial charge in [0.2, 0.25) is 0 Å². The first-order chi connectivity index (χ1) is 9.47. The van der Waals surface area contributed by atoms with Gasteiger partial charge in [-0.25, -0.2) is 0 Å². The Balaban J connectivity index is 0.00000121. The van der Waals surface area contributed by atoms with Gasteiger partial charge in [-0.2, -0.15) is 0 Å². The molecule has 1 atom stereocenters. The summed E-state index contributed by atoms with van der Waals surface area (Å²) in [6.45, 7) is 8.86. The molecule has 2 aromatic rings. The van der Waals surface area contributed by atoms with Gasteiger partial charge in [-0.1, -0.05) is 0 Å². The molecular weight excluding hydrogens is 390 g/mol. The van der Waals surface area contributed by atoms with E-state index >= 15 is 0 Å². The molecule has 1 unspecified atom stereocenters. The molecule has 113 valence electrons. The number of fused-ring (bicyclic) bond motifs is 1. The van der Waals surface area contributed by atoms with Gasteiger partial charge < -0.3 is 24.8 Å². The number of rotatable bonds is 1. The zero-order chi connectivity index (χ0) is 14.4. The zero-order valence-corrected chi connectivity index (χ0v) is 17.3. The Hall–Kier alpha value is -0.357. The van der Waals surface area contributed by atoms with E-state index in [0.29, 0.717) is 3.63 Å². The predicted molar refractivity (Wildman–Crippen MR) is 82.5 cm³/mol. The Morgan fingerprint density at radius 3 is 2.05 bits per heavy atom. The molecule has 0 spiro atoms. The summed E-state index contributed by atoms with van der Waals surface area (Å²) in [5, 5.41) is 0. The number of aryl methyl sites for hydroxylation is 3. The third-order valence-corrected chi connectivity index (χ3v) is 6.02. The van der Waals surface area contributed by atoms with E-state index in [4.69, 9.17) is 0 Å². The second-order valence-corrected chi connectivity index (χ2v) is 7.38. The molecule has 0 radical (unpaired) electrons. The van der Waals surface area contributed by atoms with Crippen molar-refractivity contribution in [2.45, 2.75) is 31.3 Å². The van der Waals surface area contributed by atoms with Crippen LogP contribution in [0.25, 0.3) is 17.2 Å². The van der Waals surface area contributed by atoms with E-state index in [9.17, 15) is 0 Å². The van der Waals surface area contributed by atoms with Gasteiger partial charge in [-0.15, -0.1) is 0 Å². The van der Waals surface area contributed by atoms with Crippen LogP contribution in [0.15, 0.2) is 35.9 Å². The topological polar surface area (TPSA) is 0 Å². The van der Waals surface area contributed by atoms with E-state index in [0.717, 1.165) is 0 Å². The summed E-state index contributed by atoms with van der Waals surface area (Å²) in [4.78, 5) is 0. The Kier molecular flexibility index (Phi) is 6.69. The van der Waals surface area contributed by atoms with E-state index in [1.165, 1.54) is 44.5 Å². The maximum absolute atomic E-state index is 2.40. The van der Waals surface area contributed by atoms with Gasteiger partial charge in [0, 0.05) is 0 Å². The number of halogens is 2. The van der Waals surface area contributed by atoms with Crippen LogP contribution in [0.5, 0.6) is 0 Å². The van der Waals surface area contributed by atoms with Gasteiger partial charge in [0.1, 0.15) is 0 Å². The van der Waals surface area contributed by atoms with E-state index in [1.807, 2.05) is 0 Å². The molecule has 0 saturated carbocycles. The standard InChI is InChI=1S/C19H19.2ClH.Zr/c1-12-7-13(2)10-17(9-12)19-15(4)5-6-16-8-14(3)11-18(16)19;;;/h5-11H,1-4H3;2*1H;/q;;;+2/p-2. The minimum atomic E-state index is 0. The molecule has 2 aromatic carbocycles. The first-order valence-corrected chi connectivity index (χ1v) is 8.51. The van der Waals surface area contributed by atoms with E-state index in [-0.39, 0.29) is 24.8 Å². The average Bonchev–Trinajstić information content (AvgIpc) is 2.63. The molecule has 22 heavy (non-hydrogen) atoms. The van der Waals surface area contributed by atoms with Crippen LogP contribution in [-0.4, -0.2) is 0 Å². The van der Waals surface area contributed by atoms with Crippen LogP contribution < -0.4 is 24.8 Å². The second kappa shape index (κ2) is 7.48. The molecule has 1 aliphatic rings. The number of allylic oxidation sites excluding steroid dienone is 1. The molecular formula is C19H19Cl2Zr. The zero-order valence-electron chi connectivity index (χ0n) is 13.3. The van der Waals surface area contributed by atoms with Crippen molar-refractivity contribution in [2.75, 3.05) is 0 Å². The molecule has 0 saturated heterocycles. The van der Waals surface area contributed by atoms with Crippen molar-refractivity contribution in [3.05, 3.63) is 63.7 Å². The normalized spacial score (nSPS) is 15.5. The van der Waals surface area contributed by atoms with Crippen molar-refractivity contribution in [2.24, 2.45) is 0 Å². The Morgan fingerprint density at radius 2 is 1.45 bits per heavy atom. The van der Waals surface area contributed by atoms with Gasteiger partial charge in [0.05, 0.1) is 0 Å². The van der Waals surface area contributed by atoms with Crippen LogP contribution in [0.2, 0.25) is 0 Å². The summed E-state index contributed by atoms with van der Waals surface area (Å²) in [6.07, 6.45) is 2.40. The van der Waals surface area contributed by atoms with Crippen LogP contribution in [-0.2, 0) is 24.7 Å². The van der Waals surface area contributed by atoms with Gasteiger partial charge in [-0.05, 0) is 0 Å². The molecule has 0 amide bonds. The van der Waals surface area contributed by atoms with Gasteiger partial charge in [0.25, 0.3) is 0 Å². The van der Waals surface area contributed by atoms with Gasteiger partial charge in [-0.3, -0.25) is 0 Å². The van der Waals surface area contributed by atoms with Crippen molar-refractivity contribution >= 4 is 6.08 Å². The van der Waals surface area contributed by atoms with E-state index in [2.05, 4.69) is 64.1 Å². The van der Waals surface area contributed by atoms with Crippen LogP contribution in [0.1, 0.15) is 38.4 Å². The van der Waals surface area contributed by atoms with E-state index < -0.39 is 0 Å². The summed E-state index contributed by atoms with van der Waals surface area (Å²) in [5.74, 6) is 0. The van der Waals surface area contributed by atoms with Gasteiger partial charge in [0.15, 0.2) is 0 Å². The minimum Gasteiger partial charge on any atom is -1.00 e. The molecule has 3 rings (SSSR count). The summed E-state index contributed by atoms with van der Waals surface area (Å²) in [6, 6.07) is 11.5. The van der Waals surface area contributed by atoms with Gasteiger partial charge >= 0.3 is 137 Å². The minimum absolute atomic E-state index is 0. The van der Waals surface area contributed by atoms with Crippen molar-refractivity contribution in [3.63, 3.8) is 0 Å². The number of hydrogen-bond acceptors (Lipinski definition) is 0. The molecule has 3 heteroatoms. The molecule has 0 aliphatic heterocycles. The predicted octanol–water partition coefficient (Wildman–Crippen LogP) is -0.708. The molecule has 0 heterocycles. The van der Waals surface area contributed by atoms with Crippen molar-refractivity contribution in [1.82, 2.24) is 0 Å². The van der Waals surface area contributed by atoms with Crippen LogP contribution >= 0.6 is 0 Å². The third kappa shape index (κ3) is 3.43. The molecule has 0 N–H and O–H groups in total. The van der Waals surface area contributed by atoms with Crippen molar-refractivity contribution < 1.29 is 49.5 Å². The fraction of sp³-hybridized carbons (Fsp3) is 0.263. The molecule has 0 fully saturated rings. The van der Waals surface area contributed by atoms with Crippen LogP contribution in [0.3, 0.4) is 0 Å². The molecule has 0 bridgehead atoms. The number of hydrogen-bond donors (Lipinski definition) is 0. The third-order valence-electron chi connectivity index (χ3n) is 4.14. The average molecular weight is 409 g/mol. The summed E-state index contributed by atoms with van der Waals surface area (Å²) in [5.41, 5.74) is 11.3. The SMILES string of the molecule is CC1=Cc2c(ccc(C)c2-c2cc(C)cc(C)c2)[CH]1[Zr+2].[Cl-].[Cl-]. The molecule has 0 nitrogen and oxygen atoms in total. The Labute approximate surface area is 161 Å². The summed E-state index contributed by atoms with van der Waals surface area (Å²) >= 11 is 1.59. The van der Waals surface area contributed by atoms with Crippen LogP contribution in [0, 0.1) is 20.8 Å². The Morgan fingerprint density at radius 1 is 0.864 bits per heavy atom. The summed E-state index contributed by atoms with van der Waals surface area (Å²) in [7, 11) is 0. The second-order valence-electron chi connectivity index (χ2n) is 5.96. The maximum atomic E-state index is 2.40. The fourth-order valence-corrected chi connectivity index (χ4v) is 4.03. The molecule has 0 aromatic heterocycles. The monoisotopic (exact) mass is 407 g/mol. The largest absolute Gasteiger partial charge is 1.00 e. The van der Waals surface area contributed by atoms with Crippen LogP contribution in [0.4, 0.5) is 0 Å². The maximum Gasteiger partial charge on any atom is -1.00 e. The fourth-order valence-electron chi connectivity index (χ4n) is 3.21. The first-order valence-electron chi connectivity index (χ1n) is 7.09.